The molecule has 25 heavy (non-hydrogen) atoms. The van der Waals surface area contributed by atoms with Gasteiger partial charge >= 0.3 is 0 Å². The fourth-order valence-electron chi connectivity index (χ4n) is 3.51. The highest BCUT2D eigenvalue weighted by Crippen LogP contribution is 2.42. The van der Waals surface area contributed by atoms with E-state index in [0.717, 1.165) is 34.0 Å². The fraction of sp³-hybridized carbons (Fsp3) is 0.238. The van der Waals surface area contributed by atoms with Gasteiger partial charge in [-0.25, -0.2) is 0 Å². The van der Waals surface area contributed by atoms with Gasteiger partial charge in [-0.3, -0.25) is 9.98 Å². The Labute approximate surface area is 147 Å². The lowest BCUT2D eigenvalue weighted by Gasteiger charge is -2.41. The number of methoxy groups -OCH3 is 1. The summed E-state index contributed by atoms with van der Waals surface area (Å²) in [5.41, 5.74) is 3.15. The molecule has 0 aliphatic carbocycles. The topological polar surface area (TPSA) is 43.2 Å². The molecule has 0 spiro atoms. The third-order valence-electron chi connectivity index (χ3n) is 4.66. The standard InChI is InChI=1S/C21H20N2O2/c1-3-12-21(15-8-10-16(24-2)11-9-15)20-19(22-13-14-23-20)17-6-4-5-7-18(17)25-21/h3-11H,1,12-14H2,2H3/t21-/m0/s1. The molecule has 0 saturated carbocycles. The Morgan fingerprint density at radius 1 is 1.12 bits per heavy atom. The summed E-state index contributed by atoms with van der Waals surface area (Å²) < 4.78 is 11.9. The largest absolute Gasteiger partial charge is 0.497 e. The van der Waals surface area contributed by atoms with Crippen LogP contribution in [-0.2, 0) is 5.60 Å². The Kier molecular flexibility index (Phi) is 3.88. The zero-order valence-electron chi connectivity index (χ0n) is 14.2. The highest BCUT2D eigenvalue weighted by atomic mass is 16.5. The summed E-state index contributed by atoms with van der Waals surface area (Å²) in [7, 11) is 1.66. The van der Waals surface area contributed by atoms with Crippen molar-refractivity contribution in [2.45, 2.75) is 12.0 Å². The minimum atomic E-state index is -0.707. The van der Waals surface area contributed by atoms with Crippen molar-refractivity contribution in [1.82, 2.24) is 0 Å². The van der Waals surface area contributed by atoms with Gasteiger partial charge < -0.3 is 9.47 Å². The van der Waals surface area contributed by atoms with Crippen molar-refractivity contribution in [3.8, 4) is 11.5 Å². The maximum absolute atomic E-state index is 6.57. The summed E-state index contributed by atoms with van der Waals surface area (Å²) >= 11 is 0. The molecule has 2 heterocycles. The molecule has 2 aliphatic rings. The number of fused-ring (bicyclic) bond motifs is 3. The summed E-state index contributed by atoms with van der Waals surface area (Å²) in [6.07, 6.45) is 2.50. The molecule has 0 bridgehead atoms. The Balaban J connectivity index is 1.93. The number of rotatable bonds is 4. The van der Waals surface area contributed by atoms with E-state index in [4.69, 9.17) is 19.5 Å². The second-order valence-corrected chi connectivity index (χ2v) is 6.11. The number of aliphatic imine (C=N–C) groups is 2. The summed E-state index contributed by atoms with van der Waals surface area (Å²) in [4.78, 5) is 9.60. The number of ether oxygens (including phenoxy) is 2. The van der Waals surface area contributed by atoms with Gasteiger partial charge in [0.1, 0.15) is 17.2 Å². The Morgan fingerprint density at radius 3 is 2.64 bits per heavy atom. The van der Waals surface area contributed by atoms with Gasteiger partial charge in [-0.05, 0) is 24.3 Å². The molecule has 0 aromatic heterocycles. The van der Waals surface area contributed by atoms with E-state index in [1.54, 1.807) is 7.11 Å². The fourth-order valence-corrected chi connectivity index (χ4v) is 3.51. The smallest absolute Gasteiger partial charge is 0.181 e. The van der Waals surface area contributed by atoms with Crippen molar-refractivity contribution in [3.05, 3.63) is 72.3 Å². The second-order valence-electron chi connectivity index (χ2n) is 6.11. The summed E-state index contributed by atoms with van der Waals surface area (Å²) in [6.45, 7) is 5.34. The van der Waals surface area contributed by atoms with Crippen molar-refractivity contribution in [2.24, 2.45) is 9.98 Å². The Morgan fingerprint density at radius 2 is 1.88 bits per heavy atom. The average Bonchev–Trinajstić information content (AvgIpc) is 2.68. The number of hydrogen-bond donors (Lipinski definition) is 0. The lowest BCUT2D eigenvalue weighted by molar-refractivity contribution is 0.142. The van der Waals surface area contributed by atoms with E-state index < -0.39 is 5.60 Å². The first kappa shape index (κ1) is 15.6. The molecule has 2 aromatic rings. The Bertz CT molecular complexity index is 868. The van der Waals surface area contributed by atoms with E-state index in [2.05, 4.69) is 6.58 Å². The van der Waals surface area contributed by atoms with Crippen molar-refractivity contribution in [3.63, 3.8) is 0 Å². The normalized spacial score (nSPS) is 21.2. The quantitative estimate of drug-likeness (QED) is 0.799. The predicted octanol–water partition coefficient (Wildman–Crippen LogP) is 3.80. The average molecular weight is 332 g/mol. The number of hydrogen-bond acceptors (Lipinski definition) is 4. The highest BCUT2D eigenvalue weighted by Gasteiger charge is 2.46. The molecule has 0 saturated heterocycles. The molecule has 4 rings (SSSR count). The minimum Gasteiger partial charge on any atom is -0.497 e. The van der Waals surface area contributed by atoms with Crippen molar-refractivity contribution in [2.75, 3.05) is 20.2 Å². The van der Waals surface area contributed by atoms with Gasteiger partial charge in [-0.1, -0.05) is 30.3 Å². The van der Waals surface area contributed by atoms with Gasteiger partial charge in [0.2, 0.25) is 0 Å². The maximum Gasteiger partial charge on any atom is 0.181 e. The van der Waals surface area contributed by atoms with Crippen molar-refractivity contribution in [1.29, 1.82) is 0 Å². The number of benzene rings is 2. The first-order valence-corrected chi connectivity index (χ1v) is 8.42. The van der Waals surface area contributed by atoms with Gasteiger partial charge in [0, 0.05) is 17.5 Å². The van der Waals surface area contributed by atoms with Gasteiger partial charge in [-0.2, -0.15) is 0 Å². The molecule has 2 aromatic carbocycles. The molecule has 2 aliphatic heterocycles. The predicted molar refractivity (Wildman–Crippen MR) is 100 cm³/mol. The van der Waals surface area contributed by atoms with Crippen LogP contribution in [0.25, 0.3) is 0 Å². The van der Waals surface area contributed by atoms with Crippen molar-refractivity contribution >= 4 is 11.4 Å². The van der Waals surface area contributed by atoms with E-state index in [0.29, 0.717) is 19.5 Å². The summed E-state index contributed by atoms with van der Waals surface area (Å²) in [5.74, 6) is 1.65. The molecule has 0 fully saturated rings. The van der Waals surface area contributed by atoms with Gasteiger partial charge in [-0.15, -0.1) is 6.58 Å². The van der Waals surface area contributed by atoms with E-state index >= 15 is 0 Å². The van der Waals surface area contributed by atoms with E-state index in [-0.39, 0.29) is 0 Å². The van der Waals surface area contributed by atoms with E-state index in [9.17, 15) is 0 Å². The van der Waals surface area contributed by atoms with Gasteiger partial charge in [0.15, 0.2) is 5.60 Å². The molecule has 1 atom stereocenters. The Hall–Kier alpha value is -2.88. The monoisotopic (exact) mass is 332 g/mol. The van der Waals surface area contributed by atoms with Crippen LogP contribution in [0.2, 0.25) is 0 Å². The van der Waals surface area contributed by atoms with Crippen molar-refractivity contribution < 1.29 is 9.47 Å². The molecule has 0 amide bonds. The summed E-state index contributed by atoms with van der Waals surface area (Å²) in [5, 5.41) is 0. The molecule has 0 N–H and O–H groups in total. The molecule has 0 radical (unpaired) electrons. The first-order chi connectivity index (χ1) is 12.3. The first-order valence-electron chi connectivity index (χ1n) is 8.42. The lowest BCUT2D eigenvalue weighted by atomic mass is 9.79. The zero-order valence-corrected chi connectivity index (χ0v) is 14.2. The summed E-state index contributed by atoms with van der Waals surface area (Å²) in [6, 6.07) is 16.0. The molecule has 0 unspecified atom stereocenters. The zero-order chi connectivity index (χ0) is 17.3. The second kappa shape index (κ2) is 6.20. The van der Waals surface area contributed by atoms with Crippen LogP contribution in [-0.4, -0.2) is 31.6 Å². The third kappa shape index (κ3) is 2.45. The van der Waals surface area contributed by atoms with E-state index in [1.165, 1.54) is 0 Å². The van der Waals surface area contributed by atoms with Crippen LogP contribution in [0, 0.1) is 0 Å². The highest BCUT2D eigenvalue weighted by molar-refractivity contribution is 6.52. The molecule has 126 valence electrons. The van der Waals surface area contributed by atoms with Crippen LogP contribution in [0.1, 0.15) is 17.5 Å². The van der Waals surface area contributed by atoms with E-state index in [1.807, 2.05) is 54.6 Å². The van der Waals surface area contributed by atoms with Crippen LogP contribution in [0.4, 0.5) is 0 Å². The lowest BCUT2D eigenvalue weighted by Crippen LogP contribution is -2.50. The van der Waals surface area contributed by atoms with Crippen LogP contribution in [0.15, 0.2) is 71.2 Å². The van der Waals surface area contributed by atoms with Crippen LogP contribution < -0.4 is 9.47 Å². The minimum absolute atomic E-state index is 0.617. The molecule has 4 nitrogen and oxygen atoms in total. The number of para-hydroxylation sites is 1. The van der Waals surface area contributed by atoms with Crippen LogP contribution >= 0.6 is 0 Å². The van der Waals surface area contributed by atoms with Crippen LogP contribution in [0.5, 0.6) is 11.5 Å². The van der Waals surface area contributed by atoms with Gasteiger partial charge in [0.25, 0.3) is 0 Å². The molecular formula is C21H20N2O2. The molecular weight excluding hydrogens is 312 g/mol. The number of nitrogens with zero attached hydrogens (tertiary/aromatic N) is 2. The third-order valence-corrected chi connectivity index (χ3v) is 4.66. The van der Waals surface area contributed by atoms with Crippen LogP contribution in [0.3, 0.4) is 0 Å². The maximum atomic E-state index is 6.57. The SMILES string of the molecule is C=CC[C@@]1(c2ccc(OC)cc2)Oc2ccccc2C2=NCCN=C21. The van der Waals surface area contributed by atoms with Gasteiger partial charge in [0.05, 0.1) is 25.9 Å². The molecule has 4 heteroatoms.